The first kappa shape index (κ1) is 21.9. The Hall–Kier alpha value is -4.36. The van der Waals surface area contributed by atoms with E-state index in [1.165, 1.54) is 24.3 Å². The summed E-state index contributed by atoms with van der Waals surface area (Å²) in [6.07, 6.45) is 0.558. The maximum absolute atomic E-state index is 12.5. The summed E-state index contributed by atoms with van der Waals surface area (Å²) in [5, 5.41) is 22.2. The standard InChI is InChI=1S/C16H17N7O7/c17-15(18)22(23(29)30)11-3-1-9(2-4-11)13-14(27)21(16(28)20-13)7-12(26)19-10(8-25)5-6-24/h1-4,6,8,10,13H,5,7H2,(H3,17,18)(H,19,26)(H,20,28)/t10-,13?/m0/s1. The van der Waals surface area contributed by atoms with Crippen LogP contribution in [0.4, 0.5) is 10.5 Å². The summed E-state index contributed by atoms with van der Waals surface area (Å²) in [7, 11) is 0. The number of rotatable bonds is 9. The molecular formula is C16H17N7O7. The lowest BCUT2D eigenvalue weighted by Crippen LogP contribution is -2.45. The number of carbonyl (C=O) groups excluding carboxylic acids is 5. The van der Waals surface area contributed by atoms with E-state index in [1.807, 2.05) is 0 Å². The number of urea groups is 1. The van der Waals surface area contributed by atoms with Gasteiger partial charge in [-0.2, -0.15) is 0 Å². The predicted molar refractivity (Wildman–Crippen MR) is 99.5 cm³/mol. The van der Waals surface area contributed by atoms with Crippen molar-refractivity contribution in [2.75, 3.05) is 11.6 Å². The third kappa shape index (κ3) is 4.73. The molecule has 0 saturated carbocycles. The normalized spacial score (nSPS) is 16.4. The van der Waals surface area contributed by atoms with Crippen molar-refractivity contribution in [3.05, 3.63) is 39.9 Å². The second-order valence-electron chi connectivity index (χ2n) is 6.05. The molecule has 14 heteroatoms. The van der Waals surface area contributed by atoms with Gasteiger partial charge in [-0.25, -0.2) is 14.9 Å². The molecule has 1 aliphatic heterocycles. The first-order valence-corrected chi connectivity index (χ1v) is 8.38. The number of anilines is 1. The highest BCUT2D eigenvalue weighted by atomic mass is 16.7. The van der Waals surface area contributed by atoms with Crippen LogP contribution in [0.3, 0.4) is 0 Å². The van der Waals surface area contributed by atoms with E-state index >= 15 is 0 Å². The number of guanidine groups is 1. The number of imide groups is 1. The molecule has 14 nitrogen and oxygen atoms in total. The summed E-state index contributed by atoms with van der Waals surface area (Å²) >= 11 is 0. The average molecular weight is 419 g/mol. The lowest BCUT2D eigenvalue weighted by Gasteiger charge is -2.15. The minimum absolute atomic E-state index is 0.0423. The molecule has 0 spiro atoms. The Bertz CT molecular complexity index is 888. The molecule has 30 heavy (non-hydrogen) atoms. The number of carbonyl (C=O) groups is 5. The van der Waals surface area contributed by atoms with Gasteiger partial charge in [-0.1, -0.05) is 12.1 Å². The average Bonchev–Trinajstić information content (AvgIpc) is 2.96. The third-order valence-corrected chi connectivity index (χ3v) is 4.05. The van der Waals surface area contributed by atoms with Crippen LogP contribution in [-0.2, 0) is 19.2 Å². The number of hydrazine groups is 1. The van der Waals surface area contributed by atoms with E-state index in [0.29, 0.717) is 22.5 Å². The molecule has 1 heterocycles. The van der Waals surface area contributed by atoms with E-state index in [-0.39, 0.29) is 17.7 Å². The molecule has 1 unspecified atom stereocenters. The van der Waals surface area contributed by atoms with Crippen molar-refractivity contribution in [3.8, 4) is 0 Å². The van der Waals surface area contributed by atoms with E-state index in [2.05, 4.69) is 10.6 Å². The van der Waals surface area contributed by atoms with Gasteiger partial charge in [0.15, 0.2) is 5.03 Å². The van der Waals surface area contributed by atoms with Crippen LogP contribution in [0.2, 0.25) is 0 Å². The van der Waals surface area contributed by atoms with Gasteiger partial charge in [0.2, 0.25) is 5.91 Å². The van der Waals surface area contributed by atoms with Gasteiger partial charge in [0.1, 0.15) is 30.8 Å². The molecule has 0 aromatic heterocycles. The number of hydrogen-bond acceptors (Lipinski definition) is 8. The number of benzene rings is 1. The Morgan fingerprint density at radius 3 is 2.50 bits per heavy atom. The molecule has 158 valence electrons. The molecule has 0 aliphatic carbocycles. The van der Waals surface area contributed by atoms with Gasteiger partial charge < -0.3 is 26.0 Å². The van der Waals surface area contributed by atoms with Crippen molar-refractivity contribution in [2.45, 2.75) is 18.5 Å². The highest BCUT2D eigenvalue weighted by Gasteiger charge is 2.40. The van der Waals surface area contributed by atoms with Gasteiger partial charge in [0, 0.05) is 6.42 Å². The van der Waals surface area contributed by atoms with E-state index in [4.69, 9.17) is 11.1 Å². The lowest BCUT2D eigenvalue weighted by molar-refractivity contribution is -0.479. The Morgan fingerprint density at radius 2 is 2.00 bits per heavy atom. The van der Waals surface area contributed by atoms with Gasteiger partial charge in [0.25, 0.3) is 11.9 Å². The highest BCUT2D eigenvalue weighted by molar-refractivity contribution is 6.07. The molecule has 5 N–H and O–H groups in total. The number of nitro groups is 1. The second-order valence-corrected chi connectivity index (χ2v) is 6.05. The Kier molecular flexibility index (Phi) is 6.74. The van der Waals surface area contributed by atoms with Crippen molar-refractivity contribution >= 4 is 42.1 Å². The number of nitrogens with one attached hydrogen (secondary N) is 3. The zero-order valence-electron chi connectivity index (χ0n) is 15.3. The molecule has 4 amide bonds. The topological polar surface area (TPSA) is 209 Å². The molecule has 2 rings (SSSR count). The summed E-state index contributed by atoms with van der Waals surface area (Å²) in [6.45, 7) is -0.665. The van der Waals surface area contributed by atoms with Gasteiger partial charge in [-0.05, 0) is 22.7 Å². The number of hydrogen-bond donors (Lipinski definition) is 4. The fraction of sp³-hybridized carbons (Fsp3) is 0.250. The van der Waals surface area contributed by atoms with Crippen molar-refractivity contribution in [1.82, 2.24) is 15.5 Å². The van der Waals surface area contributed by atoms with Crippen LogP contribution in [0.5, 0.6) is 0 Å². The monoisotopic (exact) mass is 419 g/mol. The predicted octanol–water partition coefficient (Wildman–Crippen LogP) is -1.56. The van der Waals surface area contributed by atoms with Crippen LogP contribution >= 0.6 is 0 Å². The van der Waals surface area contributed by atoms with Crippen LogP contribution in [0.25, 0.3) is 0 Å². The molecule has 1 fully saturated rings. The van der Waals surface area contributed by atoms with E-state index < -0.39 is 47.5 Å². The first-order chi connectivity index (χ1) is 14.2. The molecule has 1 saturated heterocycles. The Morgan fingerprint density at radius 1 is 1.37 bits per heavy atom. The molecule has 1 aromatic carbocycles. The maximum Gasteiger partial charge on any atom is 0.325 e. The quantitative estimate of drug-likeness (QED) is 0.0909. The van der Waals surface area contributed by atoms with E-state index in [0.717, 1.165) is 0 Å². The summed E-state index contributed by atoms with van der Waals surface area (Å²) < 4.78 is 0. The smallest absolute Gasteiger partial charge is 0.325 e. The van der Waals surface area contributed by atoms with Gasteiger partial charge in [-0.15, -0.1) is 0 Å². The third-order valence-electron chi connectivity index (χ3n) is 4.05. The van der Waals surface area contributed by atoms with Crippen molar-refractivity contribution in [3.63, 3.8) is 0 Å². The lowest BCUT2D eigenvalue weighted by atomic mass is 10.1. The van der Waals surface area contributed by atoms with Gasteiger partial charge in [0.05, 0.1) is 6.04 Å². The number of amides is 4. The summed E-state index contributed by atoms with van der Waals surface area (Å²) in [5.41, 5.74) is 5.40. The van der Waals surface area contributed by atoms with E-state index in [9.17, 15) is 34.1 Å². The zero-order chi connectivity index (χ0) is 22.4. The second kappa shape index (κ2) is 9.22. The van der Waals surface area contributed by atoms with Crippen LogP contribution in [0.1, 0.15) is 18.0 Å². The number of aldehydes is 2. The number of nitrogens with two attached hydrogens (primary N) is 1. The molecule has 1 aromatic rings. The van der Waals surface area contributed by atoms with Crippen molar-refractivity contribution < 1.29 is 29.0 Å². The fourth-order valence-electron chi connectivity index (χ4n) is 2.67. The Balaban J connectivity index is 2.11. The minimum Gasteiger partial charge on any atom is -0.365 e. The molecule has 0 bridgehead atoms. The summed E-state index contributed by atoms with van der Waals surface area (Å²) in [4.78, 5) is 69.4. The molecule has 0 radical (unpaired) electrons. The zero-order valence-corrected chi connectivity index (χ0v) is 15.3. The molecule has 2 atom stereocenters. The molecular weight excluding hydrogens is 402 g/mol. The summed E-state index contributed by atoms with van der Waals surface area (Å²) in [5.74, 6) is -2.38. The van der Waals surface area contributed by atoms with Crippen LogP contribution < -0.4 is 21.4 Å². The largest absolute Gasteiger partial charge is 0.365 e. The van der Waals surface area contributed by atoms with Crippen LogP contribution in [0.15, 0.2) is 24.3 Å². The Labute approximate surface area is 168 Å². The van der Waals surface area contributed by atoms with Gasteiger partial charge in [-0.3, -0.25) is 19.9 Å². The first-order valence-electron chi connectivity index (χ1n) is 8.38. The SMILES string of the molecule is N=C(N)N(c1ccc(C2NC(=O)N(CC(=O)N[C@H](C=O)CC=O)C2=O)cc1)[N+](=O)[O-]. The summed E-state index contributed by atoms with van der Waals surface area (Å²) in [6, 6.07) is 2.08. The van der Waals surface area contributed by atoms with Crippen molar-refractivity contribution in [1.29, 1.82) is 5.41 Å². The van der Waals surface area contributed by atoms with Crippen LogP contribution in [-0.4, -0.2) is 58.9 Å². The highest BCUT2D eigenvalue weighted by Crippen LogP contribution is 2.24. The molecule has 1 aliphatic rings. The maximum atomic E-state index is 12.5. The number of nitrogens with zero attached hydrogens (tertiary/aromatic N) is 3. The minimum atomic E-state index is -1.14. The van der Waals surface area contributed by atoms with Crippen LogP contribution in [0, 0.1) is 15.5 Å². The van der Waals surface area contributed by atoms with Gasteiger partial charge >= 0.3 is 6.03 Å². The fourth-order valence-corrected chi connectivity index (χ4v) is 2.67. The van der Waals surface area contributed by atoms with Crippen molar-refractivity contribution in [2.24, 2.45) is 5.73 Å². The van der Waals surface area contributed by atoms with E-state index in [1.54, 1.807) is 0 Å².